The Morgan fingerprint density at radius 1 is 1.43 bits per heavy atom. The second-order valence-corrected chi connectivity index (χ2v) is 5.97. The molecule has 5 heteroatoms. The standard InChI is InChI=1S/C16H25N3O2/c1-4-17-15-10-14(7-8-16(15)19(20)21)11-18-9-5-6-12(2)13(18)3/h7-8,10,12-13,17H,4-6,9,11H2,1-3H3. The van der Waals surface area contributed by atoms with E-state index in [9.17, 15) is 10.1 Å². The van der Waals surface area contributed by atoms with E-state index in [4.69, 9.17) is 0 Å². The molecule has 1 aromatic carbocycles. The van der Waals surface area contributed by atoms with Gasteiger partial charge in [0, 0.05) is 25.2 Å². The third-order valence-corrected chi connectivity index (χ3v) is 4.51. The van der Waals surface area contributed by atoms with E-state index in [1.54, 1.807) is 6.07 Å². The van der Waals surface area contributed by atoms with Gasteiger partial charge in [-0.25, -0.2) is 0 Å². The van der Waals surface area contributed by atoms with Gasteiger partial charge in [-0.3, -0.25) is 15.0 Å². The maximum atomic E-state index is 11.0. The average molecular weight is 291 g/mol. The highest BCUT2D eigenvalue weighted by Gasteiger charge is 2.25. The summed E-state index contributed by atoms with van der Waals surface area (Å²) in [6.07, 6.45) is 2.53. The first-order valence-electron chi connectivity index (χ1n) is 7.78. The van der Waals surface area contributed by atoms with Crippen molar-refractivity contribution in [3.63, 3.8) is 0 Å². The molecule has 2 rings (SSSR count). The van der Waals surface area contributed by atoms with Crippen molar-refractivity contribution >= 4 is 11.4 Å². The van der Waals surface area contributed by atoms with E-state index in [0.717, 1.165) is 18.7 Å². The molecule has 116 valence electrons. The SMILES string of the molecule is CCNc1cc(CN2CCCC(C)C2C)ccc1[N+](=O)[O-]. The summed E-state index contributed by atoms with van der Waals surface area (Å²) in [5.74, 6) is 0.713. The number of benzene rings is 1. The van der Waals surface area contributed by atoms with Crippen molar-refractivity contribution < 1.29 is 4.92 Å². The number of anilines is 1. The van der Waals surface area contributed by atoms with E-state index in [2.05, 4.69) is 24.1 Å². The van der Waals surface area contributed by atoms with Gasteiger partial charge in [-0.1, -0.05) is 13.0 Å². The summed E-state index contributed by atoms with van der Waals surface area (Å²) in [5.41, 5.74) is 1.91. The fourth-order valence-corrected chi connectivity index (χ4v) is 3.05. The molecule has 1 N–H and O–H groups in total. The summed E-state index contributed by atoms with van der Waals surface area (Å²) in [6.45, 7) is 9.18. The van der Waals surface area contributed by atoms with Gasteiger partial charge in [-0.05, 0) is 50.8 Å². The van der Waals surface area contributed by atoms with Crippen LogP contribution in [0.1, 0.15) is 39.2 Å². The van der Waals surface area contributed by atoms with Gasteiger partial charge in [0.15, 0.2) is 0 Å². The Labute approximate surface area is 126 Å². The van der Waals surface area contributed by atoms with Crippen LogP contribution in [-0.4, -0.2) is 29.0 Å². The molecule has 0 saturated carbocycles. The maximum absolute atomic E-state index is 11.0. The van der Waals surface area contributed by atoms with Crippen LogP contribution in [0.25, 0.3) is 0 Å². The minimum atomic E-state index is -0.326. The van der Waals surface area contributed by atoms with Gasteiger partial charge in [0.05, 0.1) is 4.92 Å². The normalized spacial score (nSPS) is 23.0. The van der Waals surface area contributed by atoms with Crippen LogP contribution in [-0.2, 0) is 6.54 Å². The first-order valence-corrected chi connectivity index (χ1v) is 7.78. The Hall–Kier alpha value is -1.62. The minimum Gasteiger partial charge on any atom is -0.380 e. The van der Waals surface area contributed by atoms with Crippen molar-refractivity contribution in [3.05, 3.63) is 33.9 Å². The molecule has 2 unspecified atom stereocenters. The molecule has 2 atom stereocenters. The third-order valence-electron chi connectivity index (χ3n) is 4.51. The summed E-state index contributed by atoms with van der Waals surface area (Å²) in [6, 6.07) is 5.99. The lowest BCUT2D eigenvalue weighted by Gasteiger charge is -2.38. The van der Waals surface area contributed by atoms with Gasteiger partial charge in [-0.15, -0.1) is 0 Å². The summed E-state index contributed by atoms with van der Waals surface area (Å²) < 4.78 is 0. The molecule has 1 aliphatic rings. The van der Waals surface area contributed by atoms with Crippen molar-refractivity contribution in [2.45, 2.75) is 46.2 Å². The largest absolute Gasteiger partial charge is 0.380 e. The molecule has 1 heterocycles. The lowest BCUT2D eigenvalue weighted by atomic mass is 9.91. The molecule has 21 heavy (non-hydrogen) atoms. The zero-order chi connectivity index (χ0) is 15.4. The highest BCUT2D eigenvalue weighted by Crippen LogP contribution is 2.28. The average Bonchev–Trinajstić information content (AvgIpc) is 2.44. The van der Waals surface area contributed by atoms with Gasteiger partial charge >= 0.3 is 0 Å². The van der Waals surface area contributed by atoms with Gasteiger partial charge in [-0.2, -0.15) is 0 Å². The number of rotatable bonds is 5. The van der Waals surface area contributed by atoms with Gasteiger partial charge in [0.1, 0.15) is 5.69 Å². The monoisotopic (exact) mass is 291 g/mol. The molecule has 0 radical (unpaired) electrons. The molecule has 1 saturated heterocycles. The minimum absolute atomic E-state index is 0.153. The molecule has 0 aromatic heterocycles. The molecular weight excluding hydrogens is 266 g/mol. The van der Waals surface area contributed by atoms with Crippen LogP contribution in [0.5, 0.6) is 0 Å². The van der Waals surface area contributed by atoms with Crippen LogP contribution < -0.4 is 5.32 Å². The van der Waals surface area contributed by atoms with Crippen LogP contribution >= 0.6 is 0 Å². The summed E-state index contributed by atoms with van der Waals surface area (Å²) in [4.78, 5) is 13.2. The molecule has 0 spiro atoms. The second-order valence-electron chi connectivity index (χ2n) is 5.97. The van der Waals surface area contributed by atoms with Crippen molar-refractivity contribution in [2.75, 3.05) is 18.4 Å². The number of likely N-dealkylation sites (tertiary alicyclic amines) is 1. The summed E-state index contributed by atoms with van der Waals surface area (Å²) in [5, 5.41) is 14.1. The number of nitro benzene ring substituents is 1. The Morgan fingerprint density at radius 2 is 2.19 bits per heavy atom. The van der Waals surface area contributed by atoms with Crippen molar-refractivity contribution in [1.29, 1.82) is 0 Å². The van der Waals surface area contributed by atoms with Crippen LogP contribution in [0.4, 0.5) is 11.4 Å². The van der Waals surface area contributed by atoms with E-state index in [0.29, 0.717) is 24.2 Å². The topological polar surface area (TPSA) is 58.4 Å². The van der Waals surface area contributed by atoms with E-state index >= 15 is 0 Å². The predicted molar refractivity (Wildman–Crippen MR) is 85.5 cm³/mol. The maximum Gasteiger partial charge on any atom is 0.292 e. The predicted octanol–water partition coefficient (Wildman–Crippen LogP) is 3.65. The first kappa shape index (κ1) is 15.8. The zero-order valence-electron chi connectivity index (χ0n) is 13.1. The molecule has 0 bridgehead atoms. The highest BCUT2D eigenvalue weighted by atomic mass is 16.6. The molecule has 1 aromatic rings. The number of hydrogen-bond acceptors (Lipinski definition) is 4. The first-order chi connectivity index (χ1) is 10.0. The Kier molecular flexibility index (Phi) is 5.17. The fraction of sp³-hybridized carbons (Fsp3) is 0.625. The third kappa shape index (κ3) is 3.73. The molecule has 5 nitrogen and oxygen atoms in total. The van der Waals surface area contributed by atoms with Crippen LogP contribution in [0, 0.1) is 16.0 Å². The Balaban J connectivity index is 2.16. The summed E-state index contributed by atoms with van der Waals surface area (Å²) >= 11 is 0. The van der Waals surface area contributed by atoms with Crippen molar-refractivity contribution in [3.8, 4) is 0 Å². The summed E-state index contributed by atoms with van der Waals surface area (Å²) in [7, 11) is 0. The second kappa shape index (κ2) is 6.89. The Bertz CT molecular complexity index is 504. The lowest BCUT2D eigenvalue weighted by molar-refractivity contribution is -0.384. The van der Waals surface area contributed by atoms with E-state index in [1.165, 1.54) is 12.8 Å². The number of piperidine rings is 1. The number of nitrogens with one attached hydrogen (secondary N) is 1. The number of hydrogen-bond donors (Lipinski definition) is 1. The lowest BCUT2D eigenvalue weighted by Crippen LogP contribution is -2.41. The van der Waals surface area contributed by atoms with Crippen molar-refractivity contribution in [1.82, 2.24) is 4.90 Å². The van der Waals surface area contributed by atoms with E-state index in [1.807, 2.05) is 19.1 Å². The number of nitrogens with zero attached hydrogens (tertiary/aromatic N) is 2. The Morgan fingerprint density at radius 3 is 2.86 bits per heavy atom. The molecule has 0 aliphatic carbocycles. The fourth-order valence-electron chi connectivity index (χ4n) is 3.05. The number of nitro groups is 1. The molecule has 0 amide bonds. The van der Waals surface area contributed by atoms with Gasteiger partial charge in [0.2, 0.25) is 0 Å². The van der Waals surface area contributed by atoms with Crippen LogP contribution in [0.3, 0.4) is 0 Å². The van der Waals surface area contributed by atoms with Crippen LogP contribution in [0.2, 0.25) is 0 Å². The van der Waals surface area contributed by atoms with Gasteiger partial charge in [0.25, 0.3) is 5.69 Å². The van der Waals surface area contributed by atoms with Gasteiger partial charge < -0.3 is 5.32 Å². The van der Waals surface area contributed by atoms with E-state index in [-0.39, 0.29) is 10.6 Å². The molecular formula is C16H25N3O2. The smallest absolute Gasteiger partial charge is 0.292 e. The van der Waals surface area contributed by atoms with Crippen molar-refractivity contribution in [2.24, 2.45) is 5.92 Å². The zero-order valence-corrected chi connectivity index (χ0v) is 13.1. The van der Waals surface area contributed by atoms with Crippen LogP contribution in [0.15, 0.2) is 18.2 Å². The molecule has 1 aliphatic heterocycles. The molecule has 1 fully saturated rings. The highest BCUT2D eigenvalue weighted by molar-refractivity contribution is 5.62. The quantitative estimate of drug-likeness (QED) is 0.664. The van der Waals surface area contributed by atoms with E-state index < -0.39 is 0 Å².